The number of aromatic nitrogens is 1. The summed E-state index contributed by atoms with van der Waals surface area (Å²) in [7, 11) is 0. The first kappa shape index (κ1) is 17.2. The molecule has 1 amide bonds. The van der Waals surface area contributed by atoms with Crippen molar-refractivity contribution in [3.05, 3.63) is 39.4 Å². The number of aryl methyl sites for hydroxylation is 2. The van der Waals surface area contributed by atoms with Crippen LogP contribution >= 0.6 is 11.3 Å². The molecule has 0 saturated carbocycles. The quantitative estimate of drug-likeness (QED) is 0.834. The van der Waals surface area contributed by atoms with Gasteiger partial charge in [0.2, 0.25) is 5.91 Å². The van der Waals surface area contributed by atoms with Crippen molar-refractivity contribution >= 4 is 17.2 Å². The fraction of sp³-hybridized carbons (Fsp3) is 0.556. The van der Waals surface area contributed by atoms with Gasteiger partial charge in [0.25, 0.3) is 0 Å². The van der Waals surface area contributed by atoms with Crippen molar-refractivity contribution in [2.75, 3.05) is 26.2 Å². The molecule has 0 N–H and O–H groups in total. The van der Waals surface area contributed by atoms with E-state index in [-0.39, 0.29) is 5.91 Å². The zero-order chi connectivity index (χ0) is 17.1. The van der Waals surface area contributed by atoms with Gasteiger partial charge in [0.15, 0.2) is 0 Å². The van der Waals surface area contributed by atoms with E-state index in [4.69, 9.17) is 4.52 Å². The maximum Gasteiger partial charge on any atom is 0.227 e. The molecule has 1 atom stereocenters. The predicted molar refractivity (Wildman–Crippen MR) is 95.3 cm³/mol. The normalized spacial score (nSPS) is 17.2. The monoisotopic (exact) mass is 347 g/mol. The Morgan fingerprint density at radius 3 is 2.67 bits per heavy atom. The van der Waals surface area contributed by atoms with Crippen molar-refractivity contribution in [1.82, 2.24) is 15.0 Å². The van der Waals surface area contributed by atoms with Crippen molar-refractivity contribution < 1.29 is 9.32 Å². The summed E-state index contributed by atoms with van der Waals surface area (Å²) in [6.45, 7) is 9.53. The van der Waals surface area contributed by atoms with Gasteiger partial charge in [-0.15, -0.1) is 0 Å². The van der Waals surface area contributed by atoms with Crippen LogP contribution in [0, 0.1) is 13.8 Å². The van der Waals surface area contributed by atoms with E-state index in [2.05, 4.69) is 33.8 Å². The maximum absolute atomic E-state index is 12.5. The average Bonchev–Trinajstić information content (AvgIpc) is 3.20. The average molecular weight is 347 g/mol. The van der Waals surface area contributed by atoms with Gasteiger partial charge in [-0.1, -0.05) is 5.16 Å². The number of hydrogen-bond donors (Lipinski definition) is 0. The van der Waals surface area contributed by atoms with Crippen molar-refractivity contribution in [2.24, 2.45) is 0 Å². The Bertz CT molecular complexity index is 653. The first-order chi connectivity index (χ1) is 11.5. The molecule has 1 saturated heterocycles. The number of carbonyl (C=O) groups is 1. The van der Waals surface area contributed by atoms with Gasteiger partial charge in [0.05, 0.1) is 12.1 Å². The minimum absolute atomic E-state index is 0.175. The van der Waals surface area contributed by atoms with E-state index >= 15 is 0 Å². The van der Waals surface area contributed by atoms with Crippen molar-refractivity contribution in [1.29, 1.82) is 0 Å². The molecular formula is C18H25N3O2S. The summed E-state index contributed by atoms with van der Waals surface area (Å²) in [6.07, 6.45) is 1.47. The standard InChI is InChI=1S/C18H25N3O2S/c1-13(10-16-4-9-24-12-16)20-5-7-21(8-6-20)18(22)11-17-14(2)19-23-15(17)3/h4,9,12-13H,5-8,10-11H2,1-3H3/t13-/m0/s1. The molecule has 6 heteroatoms. The zero-order valence-electron chi connectivity index (χ0n) is 14.6. The summed E-state index contributed by atoms with van der Waals surface area (Å²) in [4.78, 5) is 17.0. The van der Waals surface area contributed by atoms with Crippen LogP contribution < -0.4 is 0 Å². The van der Waals surface area contributed by atoms with Crippen LogP contribution in [0.3, 0.4) is 0 Å². The molecule has 5 nitrogen and oxygen atoms in total. The van der Waals surface area contributed by atoms with Gasteiger partial charge >= 0.3 is 0 Å². The molecule has 0 bridgehead atoms. The molecule has 1 aliphatic heterocycles. The second kappa shape index (κ2) is 7.49. The Hall–Kier alpha value is -1.66. The van der Waals surface area contributed by atoms with E-state index in [1.165, 1.54) is 5.56 Å². The number of amides is 1. The lowest BCUT2D eigenvalue weighted by molar-refractivity contribution is -0.132. The van der Waals surface area contributed by atoms with Gasteiger partial charge in [0.1, 0.15) is 5.76 Å². The summed E-state index contributed by atoms with van der Waals surface area (Å²) in [6, 6.07) is 2.71. The maximum atomic E-state index is 12.5. The smallest absolute Gasteiger partial charge is 0.227 e. The molecule has 0 aliphatic carbocycles. The highest BCUT2D eigenvalue weighted by Crippen LogP contribution is 2.17. The molecule has 3 heterocycles. The molecule has 3 rings (SSSR count). The molecule has 1 fully saturated rings. The van der Waals surface area contributed by atoms with Crippen LogP contribution in [0.1, 0.15) is 29.5 Å². The molecule has 0 unspecified atom stereocenters. The van der Waals surface area contributed by atoms with Crippen LogP contribution in [0.15, 0.2) is 21.3 Å². The molecule has 1 aliphatic rings. The lowest BCUT2D eigenvalue weighted by Gasteiger charge is -2.38. The predicted octanol–water partition coefficient (Wildman–Crippen LogP) is 2.67. The fourth-order valence-electron chi connectivity index (χ4n) is 3.31. The minimum Gasteiger partial charge on any atom is -0.361 e. The zero-order valence-corrected chi connectivity index (χ0v) is 15.4. The summed E-state index contributed by atoms with van der Waals surface area (Å²) >= 11 is 1.75. The van der Waals surface area contributed by atoms with Crippen molar-refractivity contribution in [2.45, 2.75) is 39.7 Å². The van der Waals surface area contributed by atoms with Crippen LogP contribution in [0.4, 0.5) is 0 Å². The number of nitrogens with zero attached hydrogens (tertiary/aromatic N) is 3. The number of piperazine rings is 1. The van der Waals surface area contributed by atoms with Gasteiger partial charge < -0.3 is 9.42 Å². The van der Waals surface area contributed by atoms with Gasteiger partial charge in [0, 0.05) is 37.8 Å². The second-order valence-electron chi connectivity index (χ2n) is 6.58. The number of rotatable bonds is 5. The first-order valence-electron chi connectivity index (χ1n) is 8.49. The second-order valence-corrected chi connectivity index (χ2v) is 7.36. The molecule has 130 valence electrons. The summed E-state index contributed by atoms with van der Waals surface area (Å²) in [5.41, 5.74) is 3.17. The van der Waals surface area contributed by atoms with Crippen LogP contribution in [-0.4, -0.2) is 53.1 Å². The third-order valence-electron chi connectivity index (χ3n) is 4.91. The SMILES string of the molecule is Cc1noc(C)c1CC(=O)N1CCN([C@@H](C)Cc2ccsc2)CC1. The van der Waals surface area contributed by atoms with E-state index in [1.807, 2.05) is 18.7 Å². The van der Waals surface area contributed by atoms with E-state index in [0.717, 1.165) is 49.6 Å². The Balaban J connectivity index is 1.50. The molecule has 2 aromatic heterocycles. The Morgan fingerprint density at radius 2 is 2.08 bits per heavy atom. The van der Waals surface area contributed by atoms with E-state index in [0.29, 0.717) is 12.5 Å². The van der Waals surface area contributed by atoms with Crippen molar-refractivity contribution in [3.8, 4) is 0 Å². The number of carbonyl (C=O) groups excluding carboxylic acids is 1. The van der Waals surface area contributed by atoms with E-state index in [9.17, 15) is 4.79 Å². The Labute approximate surface area is 147 Å². The van der Waals surface area contributed by atoms with Crippen molar-refractivity contribution in [3.63, 3.8) is 0 Å². The topological polar surface area (TPSA) is 49.6 Å². The highest BCUT2D eigenvalue weighted by Gasteiger charge is 2.25. The Morgan fingerprint density at radius 1 is 1.33 bits per heavy atom. The highest BCUT2D eigenvalue weighted by molar-refractivity contribution is 7.07. The minimum atomic E-state index is 0.175. The molecule has 0 aromatic carbocycles. The molecule has 2 aromatic rings. The number of thiophene rings is 1. The number of hydrogen-bond acceptors (Lipinski definition) is 5. The van der Waals surface area contributed by atoms with E-state index in [1.54, 1.807) is 11.3 Å². The third kappa shape index (κ3) is 3.87. The highest BCUT2D eigenvalue weighted by atomic mass is 32.1. The van der Waals surface area contributed by atoms with Gasteiger partial charge in [-0.25, -0.2) is 0 Å². The molecule has 24 heavy (non-hydrogen) atoms. The summed E-state index contributed by atoms with van der Waals surface area (Å²) in [5, 5.41) is 8.29. The largest absolute Gasteiger partial charge is 0.361 e. The lowest BCUT2D eigenvalue weighted by atomic mass is 10.1. The van der Waals surface area contributed by atoms with Gasteiger partial charge in [-0.05, 0) is 49.6 Å². The van der Waals surface area contributed by atoms with E-state index < -0.39 is 0 Å². The molecule has 0 spiro atoms. The van der Waals surface area contributed by atoms with Crippen LogP contribution in [0.25, 0.3) is 0 Å². The molecule has 0 radical (unpaired) electrons. The van der Waals surface area contributed by atoms with Gasteiger partial charge in [-0.3, -0.25) is 9.69 Å². The summed E-state index contributed by atoms with van der Waals surface area (Å²) < 4.78 is 5.15. The molecular weight excluding hydrogens is 322 g/mol. The van der Waals surface area contributed by atoms with Crippen LogP contribution in [-0.2, 0) is 17.6 Å². The van der Waals surface area contributed by atoms with Crippen LogP contribution in [0.2, 0.25) is 0 Å². The Kier molecular flexibility index (Phi) is 5.36. The fourth-order valence-corrected chi connectivity index (χ4v) is 3.99. The first-order valence-corrected chi connectivity index (χ1v) is 9.43. The van der Waals surface area contributed by atoms with Crippen LogP contribution in [0.5, 0.6) is 0 Å². The lowest BCUT2D eigenvalue weighted by Crippen LogP contribution is -2.52. The third-order valence-corrected chi connectivity index (χ3v) is 5.64. The van der Waals surface area contributed by atoms with Gasteiger partial charge in [-0.2, -0.15) is 11.3 Å². The summed E-state index contributed by atoms with van der Waals surface area (Å²) in [5.74, 6) is 0.929.